The molecule has 0 saturated carbocycles. The molecule has 0 spiro atoms. The highest BCUT2D eigenvalue weighted by Crippen LogP contribution is 2.24. The van der Waals surface area contributed by atoms with Crippen molar-refractivity contribution in [2.45, 2.75) is 19.5 Å². The lowest BCUT2D eigenvalue weighted by molar-refractivity contribution is -0.307. The molecule has 0 saturated heterocycles. The van der Waals surface area contributed by atoms with Crippen LogP contribution < -0.4 is 0 Å². The molecule has 0 aliphatic carbocycles. The number of hydrogen-bond donors (Lipinski definition) is 0. The minimum absolute atomic E-state index is 0.379. The van der Waals surface area contributed by atoms with Crippen LogP contribution in [0.4, 0.5) is 26.3 Å². The van der Waals surface area contributed by atoms with Crippen LogP contribution in [0, 0.1) is 5.92 Å². The summed E-state index contributed by atoms with van der Waals surface area (Å²) in [6.45, 7) is 0.379. The van der Waals surface area contributed by atoms with Crippen LogP contribution in [0.15, 0.2) is 0 Å². The van der Waals surface area contributed by atoms with Gasteiger partial charge in [0.25, 0.3) is 0 Å². The summed E-state index contributed by atoms with van der Waals surface area (Å²) < 4.78 is 71.8. The fourth-order valence-corrected chi connectivity index (χ4v) is 0.555. The lowest BCUT2D eigenvalue weighted by Crippen LogP contribution is -2.36. The third kappa shape index (κ3) is 4.66. The second-order valence-corrected chi connectivity index (χ2v) is 2.45. The van der Waals surface area contributed by atoms with Gasteiger partial charge in [0.15, 0.2) is 0 Å². The smallest absolute Gasteiger partial charge is 0.372 e. The predicted molar refractivity (Wildman–Crippen MR) is 32.4 cm³/mol. The summed E-state index contributed by atoms with van der Waals surface area (Å²) >= 11 is 0. The largest absolute Gasteiger partial charge is 0.575 e. The standard InChI is InChI=1S/C6H4F6O3/c1-2(3(13)5(7,8)9)4(14)15-6(10,11)12/h2H,1H3. The van der Waals surface area contributed by atoms with Crippen molar-refractivity contribution >= 4 is 11.8 Å². The normalized spacial score (nSPS) is 14.6. The molecule has 0 aliphatic rings. The highest BCUT2D eigenvalue weighted by atomic mass is 19.4. The number of carbonyl (C=O) groups excluding carboxylic acids is 2. The molecule has 15 heavy (non-hydrogen) atoms. The number of Topliss-reactive ketones (excluding diaryl/α,β-unsaturated/α-hetero) is 1. The first-order chi connectivity index (χ1) is 6.45. The van der Waals surface area contributed by atoms with E-state index in [0.29, 0.717) is 6.92 Å². The summed E-state index contributed by atoms with van der Waals surface area (Å²) in [7, 11) is 0. The Morgan fingerprint density at radius 3 is 1.73 bits per heavy atom. The number of hydrogen-bond acceptors (Lipinski definition) is 3. The van der Waals surface area contributed by atoms with E-state index in [1.165, 1.54) is 0 Å². The lowest BCUT2D eigenvalue weighted by atomic mass is 10.1. The van der Waals surface area contributed by atoms with Gasteiger partial charge in [0.1, 0.15) is 5.92 Å². The van der Waals surface area contributed by atoms with Crippen LogP contribution in [0.2, 0.25) is 0 Å². The number of ether oxygens (including phenoxy) is 1. The van der Waals surface area contributed by atoms with E-state index in [1.807, 2.05) is 0 Å². The van der Waals surface area contributed by atoms with E-state index in [-0.39, 0.29) is 0 Å². The van der Waals surface area contributed by atoms with Gasteiger partial charge >= 0.3 is 18.5 Å². The molecule has 0 aromatic rings. The molecule has 0 N–H and O–H groups in total. The Morgan fingerprint density at radius 1 is 1.07 bits per heavy atom. The van der Waals surface area contributed by atoms with Gasteiger partial charge in [-0.3, -0.25) is 9.59 Å². The van der Waals surface area contributed by atoms with Crippen LogP contribution in [0.25, 0.3) is 0 Å². The molecular weight excluding hydrogens is 234 g/mol. The van der Waals surface area contributed by atoms with E-state index < -0.39 is 30.2 Å². The van der Waals surface area contributed by atoms with Crippen molar-refractivity contribution in [3.8, 4) is 0 Å². The van der Waals surface area contributed by atoms with Crippen molar-refractivity contribution in [2.75, 3.05) is 0 Å². The maximum atomic E-state index is 11.7. The Morgan fingerprint density at radius 2 is 1.47 bits per heavy atom. The van der Waals surface area contributed by atoms with E-state index in [9.17, 15) is 35.9 Å². The maximum absolute atomic E-state index is 11.7. The molecule has 3 nitrogen and oxygen atoms in total. The highest BCUT2D eigenvalue weighted by Gasteiger charge is 2.47. The van der Waals surface area contributed by atoms with Crippen LogP contribution >= 0.6 is 0 Å². The zero-order chi connectivity index (χ0) is 12.4. The predicted octanol–water partition coefficient (Wildman–Crippen LogP) is 1.82. The van der Waals surface area contributed by atoms with Crippen LogP contribution in [-0.2, 0) is 14.3 Å². The van der Waals surface area contributed by atoms with E-state index in [4.69, 9.17) is 0 Å². The van der Waals surface area contributed by atoms with Crippen molar-refractivity contribution in [3.63, 3.8) is 0 Å². The van der Waals surface area contributed by atoms with Crippen molar-refractivity contribution in [2.24, 2.45) is 5.92 Å². The van der Waals surface area contributed by atoms with Gasteiger partial charge in [-0.25, -0.2) is 0 Å². The van der Waals surface area contributed by atoms with Gasteiger partial charge in [0, 0.05) is 0 Å². The number of esters is 1. The van der Waals surface area contributed by atoms with Gasteiger partial charge in [-0.15, -0.1) is 13.2 Å². The molecule has 0 bridgehead atoms. The van der Waals surface area contributed by atoms with Gasteiger partial charge in [0.2, 0.25) is 5.78 Å². The molecule has 9 heteroatoms. The van der Waals surface area contributed by atoms with Crippen molar-refractivity contribution in [1.29, 1.82) is 0 Å². The monoisotopic (exact) mass is 238 g/mol. The van der Waals surface area contributed by atoms with Crippen LogP contribution in [-0.4, -0.2) is 24.3 Å². The van der Waals surface area contributed by atoms with E-state index in [1.54, 1.807) is 0 Å². The summed E-state index contributed by atoms with van der Waals surface area (Å²) in [5.41, 5.74) is 0. The van der Waals surface area contributed by atoms with Crippen LogP contribution in [0.1, 0.15) is 6.92 Å². The lowest BCUT2D eigenvalue weighted by Gasteiger charge is -2.13. The molecule has 1 unspecified atom stereocenters. The van der Waals surface area contributed by atoms with Crippen molar-refractivity contribution < 1.29 is 40.7 Å². The summed E-state index contributed by atoms with van der Waals surface area (Å²) in [6, 6.07) is 0. The summed E-state index contributed by atoms with van der Waals surface area (Å²) in [4.78, 5) is 20.7. The van der Waals surface area contributed by atoms with Crippen LogP contribution in [0.5, 0.6) is 0 Å². The summed E-state index contributed by atoms with van der Waals surface area (Å²) in [6.07, 6.45) is -10.8. The Hall–Kier alpha value is -1.28. The van der Waals surface area contributed by atoms with E-state index in [0.717, 1.165) is 0 Å². The average molecular weight is 238 g/mol. The molecule has 0 aromatic carbocycles. The zero-order valence-electron chi connectivity index (χ0n) is 7.07. The molecule has 0 radical (unpaired) electrons. The molecular formula is C6H4F6O3. The minimum Gasteiger partial charge on any atom is -0.372 e. The van der Waals surface area contributed by atoms with Gasteiger partial charge in [0.05, 0.1) is 0 Å². The average Bonchev–Trinajstić information content (AvgIpc) is 1.96. The first-order valence-electron chi connectivity index (χ1n) is 3.36. The minimum atomic E-state index is -5.41. The molecule has 88 valence electrons. The first-order valence-corrected chi connectivity index (χ1v) is 3.36. The first kappa shape index (κ1) is 13.7. The maximum Gasteiger partial charge on any atom is 0.575 e. The molecule has 0 aromatic heterocycles. The number of ketones is 1. The summed E-state index contributed by atoms with van der Waals surface area (Å²) in [5.74, 6) is -7.41. The molecule has 0 heterocycles. The summed E-state index contributed by atoms with van der Waals surface area (Å²) in [5, 5.41) is 0. The van der Waals surface area contributed by atoms with Gasteiger partial charge in [-0.1, -0.05) is 0 Å². The fraction of sp³-hybridized carbons (Fsp3) is 0.667. The number of alkyl halides is 6. The number of rotatable bonds is 2. The third-order valence-electron chi connectivity index (χ3n) is 1.24. The molecule has 0 aliphatic heterocycles. The Bertz CT molecular complexity index is 265. The fourth-order valence-electron chi connectivity index (χ4n) is 0.555. The Kier molecular flexibility index (Phi) is 3.72. The van der Waals surface area contributed by atoms with Gasteiger partial charge in [-0.05, 0) is 6.92 Å². The number of carbonyl (C=O) groups is 2. The van der Waals surface area contributed by atoms with Crippen molar-refractivity contribution in [1.82, 2.24) is 0 Å². The van der Waals surface area contributed by atoms with E-state index >= 15 is 0 Å². The van der Waals surface area contributed by atoms with Gasteiger partial charge in [-0.2, -0.15) is 13.2 Å². The SMILES string of the molecule is CC(C(=O)OC(F)(F)F)C(=O)C(F)(F)F. The van der Waals surface area contributed by atoms with Crippen molar-refractivity contribution in [3.05, 3.63) is 0 Å². The second kappa shape index (κ2) is 4.07. The van der Waals surface area contributed by atoms with Crippen LogP contribution in [0.3, 0.4) is 0 Å². The zero-order valence-corrected chi connectivity index (χ0v) is 7.07. The Balaban J connectivity index is 4.54. The third-order valence-corrected chi connectivity index (χ3v) is 1.24. The molecule has 0 fully saturated rings. The molecule has 1 atom stereocenters. The van der Waals surface area contributed by atoms with E-state index in [2.05, 4.69) is 4.74 Å². The highest BCUT2D eigenvalue weighted by molar-refractivity contribution is 6.01. The topological polar surface area (TPSA) is 43.4 Å². The Labute approximate surface area is 79.0 Å². The molecule has 0 rings (SSSR count). The second-order valence-electron chi connectivity index (χ2n) is 2.45. The quantitative estimate of drug-likeness (QED) is 0.418. The molecule has 0 amide bonds. The van der Waals surface area contributed by atoms with Gasteiger partial charge < -0.3 is 4.74 Å². The number of halogens is 6.